The number of H-pyrrole nitrogens is 1. The fourth-order valence-corrected chi connectivity index (χ4v) is 2.60. The monoisotopic (exact) mass is 329 g/mol. The molecule has 1 heterocycles. The van der Waals surface area contributed by atoms with Crippen LogP contribution in [0.5, 0.6) is 0 Å². The molecule has 1 amide bonds. The van der Waals surface area contributed by atoms with Crippen LogP contribution >= 0.6 is 0 Å². The minimum Gasteiger partial charge on any atom is -0.465 e. The highest BCUT2D eigenvalue weighted by Gasteiger charge is 2.17. The van der Waals surface area contributed by atoms with Crippen molar-refractivity contribution in [2.75, 3.05) is 0 Å². The number of hydrogen-bond donors (Lipinski definition) is 3. The zero-order valence-corrected chi connectivity index (χ0v) is 13.8. The molecular formula is C18H23N3O3. The Morgan fingerprint density at radius 2 is 1.96 bits per heavy atom. The number of unbranched alkanes of at least 4 members (excludes halogenated alkanes) is 2. The largest absolute Gasteiger partial charge is 0.465 e. The molecule has 128 valence electrons. The smallest absolute Gasteiger partial charge is 0.405 e. The number of hydrogen-bond acceptors (Lipinski definition) is 3. The summed E-state index contributed by atoms with van der Waals surface area (Å²) in [5.41, 5.74) is 1.87. The van der Waals surface area contributed by atoms with E-state index in [1.165, 1.54) is 0 Å². The molecule has 0 bridgehead atoms. The number of imidazole rings is 1. The fourth-order valence-electron chi connectivity index (χ4n) is 2.60. The van der Waals surface area contributed by atoms with Crippen LogP contribution in [-0.2, 0) is 4.79 Å². The Kier molecular flexibility index (Phi) is 6.54. The highest BCUT2D eigenvalue weighted by atomic mass is 16.4. The summed E-state index contributed by atoms with van der Waals surface area (Å²) in [6, 6.07) is 9.39. The number of carbonyl (C=O) groups is 2. The van der Waals surface area contributed by atoms with Gasteiger partial charge in [0.05, 0.1) is 17.9 Å². The van der Waals surface area contributed by atoms with Gasteiger partial charge >= 0.3 is 6.09 Å². The second-order valence-corrected chi connectivity index (χ2v) is 5.85. The van der Waals surface area contributed by atoms with Crippen LogP contribution in [0.1, 0.15) is 50.9 Å². The number of aromatic nitrogens is 2. The van der Waals surface area contributed by atoms with E-state index in [1.807, 2.05) is 30.3 Å². The van der Waals surface area contributed by atoms with Crippen LogP contribution in [-0.4, -0.2) is 27.0 Å². The molecule has 0 saturated carbocycles. The summed E-state index contributed by atoms with van der Waals surface area (Å²) in [7, 11) is 0. The van der Waals surface area contributed by atoms with Crippen LogP contribution in [0.2, 0.25) is 0 Å². The van der Waals surface area contributed by atoms with Crippen molar-refractivity contribution in [3.05, 3.63) is 42.4 Å². The maximum atomic E-state index is 11.0. The summed E-state index contributed by atoms with van der Waals surface area (Å²) in [6.45, 7) is 1.59. The van der Waals surface area contributed by atoms with Gasteiger partial charge in [-0.05, 0) is 25.3 Å². The van der Waals surface area contributed by atoms with Gasteiger partial charge in [-0.2, -0.15) is 0 Å². The minimum atomic E-state index is -1.07. The molecule has 0 unspecified atom stereocenters. The third-order valence-corrected chi connectivity index (χ3v) is 3.83. The molecule has 2 aromatic rings. The van der Waals surface area contributed by atoms with Crippen molar-refractivity contribution in [3.63, 3.8) is 0 Å². The Morgan fingerprint density at radius 1 is 1.21 bits per heavy atom. The zero-order chi connectivity index (χ0) is 17.4. The lowest BCUT2D eigenvalue weighted by Gasteiger charge is -2.14. The van der Waals surface area contributed by atoms with Crippen LogP contribution in [0.25, 0.3) is 11.3 Å². The highest BCUT2D eigenvalue weighted by molar-refractivity contribution is 5.75. The van der Waals surface area contributed by atoms with E-state index in [0.29, 0.717) is 18.7 Å². The average Bonchev–Trinajstić information content (AvgIpc) is 3.03. The SMILES string of the molecule is CC(=O)CCCCC[C@H](NC(=O)O)c1ncc(-c2ccccc2)[nH]1. The van der Waals surface area contributed by atoms with Gasteiger partial charge in [0.2, 0.25) is 0 Å². The van der Waals surface area contributed by atoms with Crippen LogP contribution in [0.3, 0.4) is 0 Å². The summed E-state index contributed by atoms with van der Waals surface area (Å²) in [6.07, 6.45) is 4.44. The minimum absolute atomic E-state index is 0.189. The number of amides is 1. The molecule has 1 atom stereocenters. The number of carboxylic acid groups (broad SMARTS) is 1. The first-order valence-corrected chi connectivity index (χ1v) is 8.15. The van der Waals surface area contributed by atoms with Crippen LogP contribution < -0.4 is 5.32 Å². The second kappa shape index (κ2) is 8.86. The summed E-state index contributed by atoms with van der Waals surface area (Å²) < 4.78 is 0. The second-order valence-electron chi connectivity index (χ2n) is 5.85. The van der Waals surface area contributed by atoms with Gasteiger partial charge in [-0.15, -0.1) is 0 Å². The molecule has 1 aromatic carbocycles. The van der Waals surface area contributed by atoms with E-state index in [2.05, 4.69) is 15.3 Å². The molecule has 0 radical (unpaired) electrons. The van der Waals surface area contributed by atoms with Crippen LogP contribution in [0, 0.1) is 0 Å². The Hall–Kier alpha value is -2.63. The molecule has 0 aliphatic heterocycles. The number of rotatable bonds is 9. The van der Waals surface area contributed by atoms with Crippen molar-refractivity contribution >= 4 is 11.9 Å². The van der Waals surface area contributed by atoms with E-state index in [4.69, 9.17) is 5.11 Å². The molecular weight excluding hydrogens is 306 g/mol. The number of nitrogens with zero attached hydrogens (tertiary/aromatic N) is 1. The molecule has 0 fully saturated rings. The first kappa shape index (κ1) is 17.7. The van der Waals surface area contributed by atoms with Crippen molar-refractivity contribution in [1.29, 1.82) is 0 Å². The van der Waals surface area contributed by atoms with Gasteiger partial charge < -0.3 is 20.2 Å². The number of aromatic amines is 1. The molecule has 3 N–H and O–H groups in total. The van der Waals surface area contributed by atoms with Crippen molar-refractivity contribution in [3.8, 4) is 11.3 Å². The van der Waals surface area contributed by atoms with E-state index in [-0.39, 0.29) is 11.8 Å². The normalized spacial score (nSPS) is 11.9. The lowest BCUT2D eigenvalue weighted by Crippen LogP contribution is -2.27. The molecule has 0 aliphatic rings. The van der Waals surface area contributed by atoms with Gasteiger partial charge in [0, 0.05) is 6.42 Å². The van der Waals surface area contributed by atoms with E-state index in [1.54, 1.807) is 13.1 Å². The molecule has 1 aromatic heterocycles. The van der Waals surface area contributed by atoms with Gasteiger partial charge in [-0.1, -0.05) is 43.2 Å². The predicted octanol–water partition coefficient (Wildman–Crippen LogP) is 3.92. The average molecular weight is 329 g/mol. The number of benzene rings is 1. The quantitative estimate of drug-likeness (QED) is 0.608. The lowest BCUT2D eigenvalue weighted by molar-refractivity contribution is -0.117. The Bertz CT molecular complexity index is 667. The van der Waals surface area contributed by atoms with Crippen molar-refractivity contribution in [1.82, 2.24) is 15.3 Å². The maximum Gasteiger partial charge on any atom is 0.405 e. The Balaban J connectivity index is 1.98. The fraction of sp³-hybridized carbons (Fsp3) is 0.389. The lowest BCUT2D eigenvalue weighted by atomic mass is 10.1. The van der Waals surface area contributed by atoms with Gasteiger partial charge in [0.25, 0.3) is 0 Å². The molecule has 0 saturated heterocycles. The summed E-state index contributed by atoms with van der Waals surface area (Å²) >= 11 is 0. The maximum absolute atomic E-state index is 11.0. The number of ketones is 1. The Morgan fingerprint density at radius 3 is 2.62 bits per heavy atom. The number of carbonyl (C=O) groups excluding carboxylic acids is 1. The zero-order valence-electron chi connectivity index (χ0n) is 13.8. The summed E-state index contributed by atoms with van der Waals surface area (Å²) in [4.78, 5) is 29.5. The summed E-state index contributed by atoms with van der Waals surface area (Å²) in [5.74, 6) is 0.802. The van der Waals surface area contributed by atoms with Crippen molar-refractivity contribution in [2.24, 2.45) is 0 Å². The molecule has 6 nitrogen and oxygen atoms in total. The van der Waals surface area contributed by atoms with Gasteiger partial charge in [-0.3, -0.25) is 0 Å². The van der Waals surface area contributed by atoms with Gasteiger partial charge in [-0.25, -0.2) is 9.78 Å². The van der Waals surface area contributed by atoms with Crippen molar-refractivity contribution < 1.29 is 14.7 Å². The Labute approximate surface area is 141 Å². The first-order chi connectivity index (χ1) is 11.6. The van der Waals surface area contributed by atoms with E-state index >= 15 is 0 Å². The van der Waals surface area contributed by atoms with E-state index < -0.39 is 6.09 Å². The molecule has 6 heteroatoms. The molecule has 0 spiro atoms. The van der Waals surface area contributed by atoms with E-state index in [9.17, 15) is 9.59 Å². The standard InChI is InChI=1S/C18H23N3O3/c1-13(22)8-4-2-7-11-15(21-18(23)24)17-19-12-16(20-17)14-9-5-3-6-10-14/h3,5-6,9-10,12,15,21H,2,4,7-8,11H2,1H3,(H,19,20)(H,23,24)/t15-/m0/s1. The number of nitrogens with one attached hydrogen (secondary N) is 2. The third kappa shape index (κ3) is 5.53. The molecule has 0 aliphatic carbocycles. The van der Waals surface area contributed by atoms with Crippen LogP contribution in [0.15, 0.2) is 36.5 Å². The van der Waals surface area contributed by atoms with Gasteiger partial charge in [0.15, 0.2) is 0 Å². The highest BCUT2D eigenvalue weighted by Crippen LogP contribution is 2.22. The topological polar surface area (TPSA) is 95.1 Å². The number of Topliss-reactive ketones (excluding diaryl/α,β-unsaturated/α-hetero) is 1. The third-order valence-electron chi connectivity index (χ3n) is 3.83. The summed E-state index contributed by atoms with van der Waals surface area (Å²) in [5, 5.41) is 11.6. The van der Waals surface area contributed by atoms with Gasteiger partial charge in [0.1, 0.15) is 11.6 Å². The molecule has 24 heavy (non-hydrogen) atoms. The van der Waals surface area contributed by atoms with Crippen LogP contribution in [0.4, 0.5) is 4.79 Å². The van der Waals surface area contributed by atoms with E-state index in [0.717, 1.165) is 30.5 Å². The molecule has 2 rings (SSSR count). The first-order valence-electron chi connectivity index (χ1n) is 8.15. The predicted molar refractivity (Wildman–Crippen MR) is 91.7 cm³/mol. The van der Waals surface area contributed by atoms with Crippen molar-refractivity contribution in [2.45, 2.75) is 45.1 Å².